The van der Waals surface area contributed by atoms with E-state index < -0.39 is 0 Å². The first kappa shape index (κ1) is 12.2. The third-order valence-electron chi connectivity index (χ3n) is 4.34. The van der Waals surface area contributed by atoms with Gasteiger partial charge in [0.05, 0.1) is 0 Å². The predicted octanol–water partition coefficient (Wildman–Crippen LogP) is 1.54. The van der Waals surface area contributed by atoms with Crippen molar-refractivity contribution in [3.8, 4) is 0 Å². The highest BCUT2D eigenvalue weighted by molar-refractivity contribution is 5.31. The van der Waals surface area contributed by atoms with Gasteiger partial charge in [0.25, 0.3) is 0 Å². The van der Waals surface area contributed by atoms with Crippen molar-refractivity contribution in [2.24, 2.45) is 5.92 Å². The third-order valence-corrected chi connectivity index (χ3v) is 4.34. The number of aliphatic hydroxyl groups is 1. The number of fused-ring (bicyclic) bond motifs is 1. The number of rotatable bonds is 2. The average molecular weight is 246 g/mol. The molecule has 2 N–H and O–H groups in total. The van der Waals surface area contributed by atoms with E-state index in [1.165, 1.54) is 17.5 Å². The number of hydrogen-bond donors (Lipinski definition) is 2. The Hall–Kier alpha value is -0.900. The van der Waals surface area contributed by atoms with Crippen molar-refractivity contribution >= 4 is 0 Å². The maximum atomic E-state index is 9.29. The van der Waals surface area contributed by atoms with Gasteiger partial charge in [0.15, 0.2) is 0 Å². The maximum Gasteiger partial charge on any atom is 0.0471 e. The topological polar surface area (TPSA) is 35.5 Å². The molecule has 1 aromatic rings. The Balaban J connectivity index is 1.83. The molecule has 1 aromatic carbocycles. The zero-order valence-electron chi connectivity index (χ0n) is 10.8. The van der Waals surface area contributed by atoms with Gasteiger partial charge in [-0.15, -0.1) is 0 Å². The molecule has 0 aliphatic carbocycles. The van der Waals surface area contributed by atoms with Crippen LogP contribution in [0.3, 0.4) is 0 Å². The second-order valence-corrected chi connectivity index (χ2v) is 5.51. The quantitative estimate of drug-likeness (QED) is 0.831. The Morgan fingerprint density at radius 2 is 2.17 bits per heavy atom. The third kappa shape index (κ3) is 2.30. The summed E-state index contributed by atoms with van der Waals surface area (Å²) >= 11 is 0. The molecule has 2 aliphatic rings. The average Bonchev–Trinajstić information content (AvgIpc) is 2.78. The molecule has 2 unspecified atom stereocenters. The maximum absolute atomic E-state index is 9.29. The van der Waals surface area contributed by atoms with Crippen LogP contribution in [0.25, 0.3) is 0 Å². The molecule has 0 aromatic heterocycles. The summed E-state index contributed by atoms with van der Waals surface area (Å²) in [6.07, 6.45) is 2.32. The summed E-state index contributed by atoms with van der Waals surface area (Å²) in [5, 5.41) is 12.8. The predicted molar refractivity (Wildman–Crippen MR) is 72.3 cm³/mol. The first-order valence-corrected chi connectivity index (χ1v) is 7.02. The lowest BCUT2D eigenvalue weighted by Crippen LogP contribution is -2.28. The molecule has 1 saturated heterocycles. The molecule has 0 amide bonds. The molecule has 0 radical (unpaired) electrons. The number of hydrogen-bond acceptors (Lipinski definition) is 3. The van der Waals surface area contributed by atoms with Gasteiger partial charge in [-0.1, -0.05) is 24.3 Å². The van der Waals surface area contributed by atoms with E-state index in [9.17, 15) is 5.11 Å². The Morgan fingerprint density at radius 3 is 3.00 bits per heavy atom. The van der Waals surface area contributed by atoms with Crippen LogP contribution in [0.2, 0.25) is 0 Å². The van der Waals surface area contributed by atoms with E-state index in [-0.39, 0.29) is 0 Å². The van der Waals surface area contributed by atoms with Crippen LogP contribution >= 0.6 is 0 Å². The number of likely N-dealkylation sites (tertiary alicyclic amines) is 1. The standard InChI is InChI=1S/C15H22N2O/c18-11-12-6-8-17(10-12)15-5-7-16-9-13-3-1-2-4-14(13)15/h1-4,12,15-16,18H,5-11H2. The Morgan fingerprint density at radius 1 is 1.28 bits per heavy atom. The van der Waals surface area contributed by atoms with E-state index in [0.29, 0.717) is 18.6 Å². The SMILES string of the molecule is OCC1CCN(C2CCNCc3ccccc32)C1. The van der Waals surface area contributed by atoms with Crippen molar-refractivity contribution in [2.45, 2.75) is 25.4 Å². The zero-order chi connectivity index (χ0) is 12.4. The van der Waals surface area contributed by atoms with E-state index in [4.69, 9.17) is 0 Å². The molecule has 2 atom stereocenters. The molecule has 2 aliphatic heterocycles. The molecule has 18 heavy (non-hydrogen) atoms. The fraction of sp³-hybridized carbons (Fsp3) is 0.600. The van der Waals surface area contributed by atoms with Crippen molar-refractivity contribution < 1.29 is 5.11 Å². The van der Waals surface area contributed by atoms with Crippen molar-refractivity contribution in [2.75, 3.05) is 26.2 Å². The summed E-state index contributed by atoms with van der Waals surface area (Å²) in [7, 11) is 0. The summed E-state index contributed by atoms with van der Waals surface area (Å²) in [6, 6.07) is 9.33. The van der Waals surface area contributed by atoms with Crippen LogP contribution in [-0.4, -0.2) is 36.2 Å². The molecule has 0 spiro atoms. The monoisotopic (exact) mass is 246 g/mol. The van der Waals surface area contributed by atoms with Crippen molar-refractivity contribution in [3.05, 3.63) is 35.4 Å². The molecular weight excluding hydrogens is 224 g/mol. The zero-order valence-corrected chi connectivity index (χ0v) is 10.8. The number of aliphatic hydroxyl groups excluding tert-OH is 1. The number of nitrogens with one attached hydrogen (secondary N) is 1. The summed E-state index contributed by atoms with van der Waals surface area (Å²) in [6.45, 7) is 4.59. The van der Waals surface area contributed by atoms with Gasteiger partial charge in [-0.3, -0.25) is 4.90 Å². The van der Waals surface area contributed by atoms with E-state index in [1.807, 2.05) is 0 Å². The lowest BCUT2D eigenvalue weighted by atomic mass is 9.98. The van der Waals surface area contributed by atoms with Crippen LogP contribution in [0.1, 0.15) is 30.0 Å². The largest absolute Gasteiger partial charge is 0.396 e. The summed E-state index contributed by atoms with van der Waals surface area (Å²) in [5.74, 6) is 0.480. The minimum atomic E-state index is 0.336. The highest BCUT2D eigenvalue weighted by Gasteiger charge is 2.30. The van der Waals surface area contributed by atoms with E-state index in [2.05, 4.69) is 34.5 Å². The van der Waals surface area contributed by atoms with Gasteiger partial charge in [-0.25, -0.2) is 0 Å². The van der Waals surface area contributed by atoms with Crippen molar-refractivity contribution in [1.82, 2.24) is 10.2 Å². The summed E-state index contributed by atoms with van der Waals surface area (Å²) in [4.78, 5) is 2.56. The van der Waals surface area contributed by atoms with Crippen LogP contribution in [0.5, 0.6) is 0 Å². The molecule has 3 nitrogen and oxygen atoms in total. The lowest BCUT2D eigenvalue weighted by molar-refractivity contribution is 0.194. The van der Waals surface area contributed by atoms with E-state index in [1.54, 1.807) is 0 Å². The molecule has 1 fully saturated rings. The second kappa shape index (κ2) is 5.39. The van der Waals surface area contributed by atoms with Gasteiger partial charge in [0, 0.05) is 25.7 Å². The minimum absolute atomic E-state index is 0.336. The van der Waals surface area contributed by atoms with Gasteiger partial charge in [-0.05, 0) is 43.0 Å². The minimum Gasteiger partial charge on any atom is -0.396 e. The van der Waals surface area contributed by atoms with Crippen molar-refractivity contribution in [3.63, 3.8) is 0 Å². The molecule has 0 saturated carbocycles. The Bertz CT molecular complexity index is 407. The van der Waals surface area contributed by atoms with Crippen LogP contribution in [0, 0.1) is 5.92 Å². The summed E-state index contributed by atoms with van der Waals surface area (Å²) < 4.78 is 0. The van der Waals surface area contributed by atoms with Gasteiger partial charge in [0.1, 0.15) is 0 Å². The molecule has 98 valence electrons. The van der Waals surface area contributed by atoms with Crippen LogP contribution in [-0.2, 0) is 6.54 Å². The van der Waals surface area contributed by atoms with E-state index in [0.717, 1.165) is 32.6 Å². The van der Waals surface area contributed by atoms with Crippen LogP contribution in [0.15, 0.2) is 24.3 Å². The Labute approximate surface area is 109 Å². The molecular formula is C15H22N2O. The fourth-order valence-electron chi connectivity index (χ4n) is 3.31. The van der Waals surface area contributed by atoms with E-state index >= 15 is 0 Å². The fourth-order valence-corrected chi connectivity index (χ4v) is 3.31. The van der Waals surface area contributed by atoms with Crippen LogP contribution < -0.4 is 5.32 Å². The number of benzene rings is 1. The smallest absolute Gasteiger partial charge is 0.0471 e. The highest BCUT2D eigenvalue weighted by Crippen LogP contribution is 2.33. The molecule has 2 heterocycles. The lowest BCUT2D eigenvalue weighted by Gasteiger charge is -2.28. The summed E-state index contributed by atoms with van der Waals surface area (Å²) in [5.41, 5.74) is 2.92. The van der Waals surface area contributed by atoms with Crippen LogP contribution in [0.4, 0.5) is 0 Å². The van der Waals surface area contributed by atoms with Gasteiger partial charge >= 0.3 is 0 Å². The Kier molecular flexibility index (Phi) is 3.64. The second-order valence-electron chi connectivity index (χ2n) is 5.51. The normalized spacial score (nSPS) is 28.9. The molecule has 3 rings (SSSR count). The van der Waals surface area contributed by atoms with Crippen molar-refractivity contribution in [1.29, 1.82) is 0 Å². The van der Waals surface area contributed by atoms with Gasteiger partial charge in [-0.2, -0.15) is 0 Å². The first-order valence-electron chi connectivity index (χ1n) is 7.02. The van der Waals surface area contributed by atoms with Gasteiger partial charge < -0.3 is 10.4 Å². The number of nitrogens with zero attached hydrogens (tertiary/aromatic N) is 1. The first-order chi connectivity index (χ1) is 8.88. The molecule has 3 heteroatoms. The highest BCUT2D eigenvalue weighted by atomic mass is 16.3. The molecule has 0 bridgehead atoms. The van der Waals surface area contributed by atoms with Gasteiger partial charge in [0.2, 0.25) is 0 Å².